The Balaban J connectivity index is 3.18. The fourth-order valence-electron chi connectivity index (χ4n) is 0.836. The third-order valence-corrected chi connectivity index (χ3v) is 1.88. The molecule has 2 aromatic rings. The van der Waals surface area contributed by atoms with Gasteiger partial charge in [-0.15, -0.1) is 0 Å². The molecule has 0 saturated carbocycles. The van der Waals surface area contributed by atoms with Crippen LogP contribution in [0.4, 0.5) is 0 Å². The van der Waals surface area contributed by atoms with Crippen molar-refractivity contribution in [2.75, 3.05) is 0 Å². The Morgan fingerprint density at radius 2 is 2.38 bits per heavy atom. The molecule has 0 aliphatic heterocycles. The van der Waals surface area contributed by atoms with Crippen LogP contribution in [-0.4, -0.2) is 9.38 Å². The number of nitrogens with zero attached hydrogens (tertiary/aromatic N) is 2. The molecule has 0 bridgehead atoms. The van der Waals surface area contributed by atoms with Crippen molar-refractivity contribution >= 4 is 33.2 Å². The van der Waals surface area contributed by atoms with E-state index in [1.807, 2.05) is 0 Å². The van der Waals surface area contributed by atoms with Gasteiger partial charge >= 0.3 is 0 Å². The first-order chi connectivity index (χ1) is 7.86. The van der Waals surface area contributed by atoms with Crippen molar-refractivity contribution < 1.29 is 5.48 Å². The molecule has 0 saturated heterocycles. The lowest BCUT2D eigenvalue weighted by Crippen LogP contribution is -2.13. The fraction of sp³-hybridized carbons (Fsp3) is 0. The normalized spacial score (nSPS) is 14.9. The summed E-state index contributed by atoms with van der Waals surface area (Å²) in [5.41, 5.74) is -1.03. The predicted molar refractivity (Wildman–Crippen MR) is 54.2 cm³/mol. The maximum absolute atomic E-state index is 11.8. The average molecular weight is 264 g/mol. The lowest BCUT2D eigenvalue weighted by atomic mass is 10.4. The highest BCUT2D eigenvalue weighted by atomic mass is 79.9. The highest BCUT2D eigenvalue weighted by Crippen LogP contribution is 2.10. The Bertz CT molecular complexity index is 702. The van der Waals surface area contributed by atoms with Gasteiger partial charge in [0.1, 0.15) is 10.8 Å². The minimum atomic E-state index is -0.834. The van der Waals surface area contributed by atoms with Gasteiger partial charge in [-0.2, -0.15) is 0 Å². The van der Waals surface area contributed by atoms with Gasteiger partial charge in [0.15, 0.2) is 0 Å². The molecule has 0 unspecified atom stereocenters. The van der Waals surface area contributed by atoms with Crippen LogP contribution in [0.2, 0.25) is 5.15 Å². The standard InChI is InChI=1S/C8H4BrClN2O/c9-5-1-2-7-11-6(10)3-8(13)12(7)4-5/h1-4H/i1D,2D,3D,4D. The summed E-state index contributed by atoms with van der Waals surface area (Å²) in [5.74, 6) is 0. The number of fused-ring (bicyclic) bond motifs is 1. The lowest BCUT2D eigenvalue weighted by Gasteiger charge is -1.99. The van der Waals surface area contributed by atoms with Crippen LogP contribution in [0.5, 0.6) is 0 Å². The van der Waals surface area contributed by atoms with Crippen LogP contribution < -0.4 is 5.56 Å². The molecule has 2 heterocycles. The molecule has 0 radical (unpaired) electrons. The van der Waals surface area contributed by atoms with Gasteiger partial charge in [-0.05, 0) is 28.0 Å². The van der Waals surface area contributed by atoms with E-state index in [-0.39, 0.29) is 33.5 Å². The zero-order valence-electron chi connectivity index (χ0n) is 10.1. The van der Waals surface area contributed by atoms with Crippen LogP contribution in [0.25, 0.3) is 5.65 Å². The number of rotatable bonds is 0. The average Bonchev–Trinajstić information content (AvgIpc) is 2.30. The predicted octanol–water partition coefficient (Wildman–Crippen LogP) is 2.11. The van der Waals surface area contributed by atoms with Gasteiger partial charge in [-0.25, -0.2) is 4.98 Å². The van der Waals surface area contributed by atoms with E-state index in [0.717, 1.165) is 4.40 Å². The molecule has 0 aliphatic rings. The summed E-state index contributed by atoms with van der Waals surface area (Å²) in [6.07, 6.45) is -0.330. The molecular formula is C8H4BrClN2O. The van der Waals surface area contributed by atoms with E-state index in [1.54, 1.807) is 0 Å². The molecule has 0 aliphatic carbocycles. The second kappa shape index (κ2) is 3.12. The fourth-order valence-corrected chi connectivity index (χ4v) is 1.27. The smallest absolute Gasteiger partial charge is 0.259 e. The molecule has 0 fully saturated rings. The molecule has 2 rings (SSSR count). The monoisotopic (exact) mass is 262 g/mol. The minimum Gasteiger partial charge on any atom is -0.269 e. The van der Waals surface area contributed by atoms with Crippen LogP contribution in [-0.2, 0) is 0 Å². The summed E-state index contributed by atoms with van der Waals surface area (Å²) in [4.78, 5) is 15.4. The lowest BCUT2D eigenvalue weighted by molar-refractivity contribution is 1.04. The van der Waals surface area contributed by atoms with Crippen molar-refractivity contribution in [2.24, 2.45) is 0 Å². The highest BCUT2D eigenvalue weighted by Gasteiger charge is 1.99. The van der Waals surface area contributed by atoms with Crippen molar-refractivity contribution in [1.82, 2.24) is 9.38 Å². The minimum absolute atomic E-state index is 0.000576. The van der Waals surface area contributed by atoms with Gasteiger partial charge in [-0.1, -0.05) is 11.6 Å². The van der Waals surface area contributed by atoms with E-state index in [0.29, 0.717) is 0 Å². The molecule has 0 N–H and O–H groups in total. The molecular weight excluding hydrogens is 255 g/mol. The number of pyridine rings is 1. The molecule has 3 nitrogen and oxygen atoms in total. The maximum Gasteiger partial charge on any atom is 0.259 e. The first kappa shape index (κ1) is 5.12. The molecule has 66 valence electrons. The molecule has 0 aromatic carbocycles. The van der Waals surface area contributed by atoms with E-state index in [4.69, 9.17) is 17.1 Å². The van der Waals surface area contributed by atoms with E-state index < -0.39 is 11.6 Å². The first-order valence-electron chi connectivity index (χ1n) is 5.20. The largest absolute Gasteiger partial charge is 0.269 e. The molecule has 2 aromatic heterocycles. The summed E-state index contributed by atoms with van der Waals surface area (Å²) in [7, 11) is 0. The van der Waals surface area contributed by atoms with Crippen LogP contribution in [0.15, 0.2) is 33.6 Å². The Labute approximate surface area is 92.7 Å². The van der Waals surface area contributed by atoms with E-state index >= 15 is 0 Å². The molecule has 0 amide bonds. The molecule has 13 heavy (non-hydrogen) atoms. The number of aromatic nitrogens is 2. The highest BCUT2D eigenvalue weighted by molar-refractivity contribution is 9.10. The van der Waals surface area contributed by atoms with Gasteiger partial charge in [0.2, 0.25) is 0 Å². The summed E-state index contributed by atoms with van der Waals surface area (Å²) < 4.78 is 31.0. The summed E-state index contributed by atoms with van der Waals surface area (Å²) >= 11 is 8.53. The summed E-state index contributed by atoms with van der Waals surface area (Å²) in [5, 5.41) is -0.343. The summed E-state index contributed by atoms with van der Waals surface area (Å²) in [6, 6.07) is -1.12. The van der Waals surface area contributed by atoms with Crippen molar-refractivity contribution in [2.45, 2.75) is 0 Å². The van der Waals surface area contributed by atoms with Crippen LogP contribution in [0, 0.1) is 0 Å². The van der Waals surface area contributed by atoms with Gasteiger partial charge < -0.3 is 0 Å². The van der Waals surface area contributed by atoms with Crippen LogP contribution in [0.3, 0.4) is 0 Å². The molecule has 0 spiro atoms. The van der Waals surface area contributed by atoms with Crippen LogP contribution >= 0.6 is 27.5 Å². The van der Waals surface area contributed by atoms with Gasteiger partial charge in [0, 0.05) is 16.7 Å². The van der Waals surface area contributed by atoms with Gasteiger partial charge in [-0.3, -0.25) is 9.20 Å². The van der Waals surface area contributed by atoms with Crippen molar-refractivity contribution in [1.29, 1.82) is 0 Å². The van der Waals surface area contributed by atoms with E-state index in [9.17, 15) is 4.79 Å². The first-order valence-corrected chi connectivity index (χ1v) is 4.37. The van der Waals surface area contributed by atoms with Crippen molar-refractivity contribution in [3.05, 3.63) is 44.3 Å². The van der Waals surface area contributed by atoms with E-state index in [1.165, 1.54) is 0 Å². The van der Waals surface area contributed by atoms with Gasteiger partial charge in [0.25, 0.3) is 5.56 Å². The molecule has 0 atom stereocenters. The zero-order chi connectivity index (χ0) is 12.9. The zero-order valence-corrected chi connectivity index (χ0v) is 8.40. The topological polar surface area (TPSA) is 34.4 Å². The quantitative estimate of drug-likeness (QED) is 0.682. The van der Waals surface area contributed by atoms with Crippen molar-refractivity contribution in [3.8, 4) is 0 Å². The SMILES string of the molecule is [2H]c1c(Br)c([2H])n2c(=O)c([2H])c(Cl)nc2c1[2H]. The Kier molecular flexibility index (Phi) is 1.23. The second-order valence-electron chi connectivity index (χ2n) is 2.17. The third-order valence-electron chi connectivity index (χ3n) is 1.32. The maximum atomic E-state index is 11.8. The Hall–Kier alpha value is -0.870. The third kappa shape index (κ3) is 1.59. The Morgan fingerprint density at radius 1 is 1.62 bits per heavy atom. The Morgan fingerprint density at radius 3 is 3.15 bits per heavy atom. The molecule has 5 heteroatoms. The summed E-state index contributed by atoms with van der Waals surface area (Å²) in [6.45, 7) is 0. The van der Waals surface area contributed by atoms with Crippen molar-refractivity contribution in [3.63, 3.8) is 0 Å². The number of hydrogen-bond acceptors (Lipinski definition) is 2. The van der Waals surface area contributed by atoms with Crippen LogP contribution in [0.1, 0.15) is 5.48 Å². The second-order valence-corrected chi connectivity index (χ2v) is 3.32. The van der Waals surface area contributed by atoms with Gasteiger partial charge in [0.05, 0.1) is 5.48 Å². The number of hydrogen-bond donors (Lipinski definition) is 0. The van der Waals surface area contributed by atoms with E-state index in [2.05, 4.69) is 20.9 Å². The number of halogens is 2.